The van der Waals surface area contributed by atoms with Crippen LogP contribution in [0.25, 0.3) is 0 Å². The lowest BCUT2D eigenvalue weighted by Gasteiger charge is -2.23. The molecule has 5 nitrogen and oxygen atoms in total. The van der Waals surface area contributed by atoms with Gasteiger partial charge in [0.05, 0.1) is 38.4 Å². The fourth-order valence-electron chi connectivity index (χ4n) is 2.46. The van der Waals surface area contributed by atoms with E-state index in [9.17, 15) is 5.11 Å². The highest BCUT2D eigenvalue weighted by molar-refractivity contribution is 7.98. The molecule has 118 valence electrons. The molecule has 1 N–H and O–H groups in total. The molecule has 1 atom stereocenters. The normalized spacial score (nSPS) is 20.1. The Bertz CT molecular complexity index is 469. The van der Waals surface area contributed by atoms with Gasteiger partial charge in [-0.15, -0.1) is 11.8 Å². The Labute approximate surface area is 130 Å². The van der Waals surface area contributed by atoms with Gasteiger partial charge >= 0.3 is 0 Å². The third kappa shape index (κ3) is 4.26. The number of aliphatic hydroxyl groups is 1. The third-order valence-electron chi connectivity index (χ3n) is 3.51. The van der Waals surface area contributed by atoms with Gasteiger partial charge in [0.1, 0.15) is 11.5 Å². The van der Waals surface area contributed by atoms with Crippen LogP contribution in [0.4, 0.5) is 0 Å². The minimum absolute atomic E-state index is 0.405. The van der Waals surface area contributed by atoms with Gasteiger partial charge in [-0.3, -0.25) is 4.90 Å². The zero-order chi connectivity index (χ0) is 15.2. The summed E-state index contributed by atoms with van der Waals surface area (Å²) in [6.07, 6.45) is 1.57. The van der Waals surface area contributed by atoms with Gasteiger partial charge in [-0.2, -0.15) is 0 Å². The molecular formula is C15H23NO4S. The largest absolute Gasteiger partial charge is 0.496 e. The fourth-order valence-corrected chi connectivity index (χ4v) is 3.02. The van der Waals surface area contributed by atoms with E-state index >= 15 is 0 Å². The molecule has 0 saturated carbocycles. The predicted molar refractivity (Wildman–Crippen MR) is 83.4 cm³/mol. The lowest BCUT2D eigenvalue weighted by atomic mass is 10.1. The van der Waals surface area contributed by atoms with Crippen molar-refractivity contribution in [3.63, 3.8) is 0 Å². The molecule has 1 aliphatic rings. The van der Waals surface area contributed by atoms with Crippen molar-refractivity contribution in [1.82, 2.24) is 4.90 Å². The molecule has 0 aliphatic carbocycles. The summed E-state index contributed by atoms with van der Waals surface area (Å²) in [6, 6.07) is 4.02. The van der Waals surface area contributed by atoms with E-state index in [1.165, 1.54) is 0 Å². The van der Waals surface area contributed by atoms with Gasteiger partial charge in [0.25, 0.3) is 0 Å². The molecule has 1 aromatic carbocycles. The number of rotatable bonds is 5. The number of hydrogen-bond donors (Lipinski definition) is 1. The van der Waals surface area contributed by atoms with Crippen LogP contribution in [0.3, 0.4) is 0 Å². The van der Waals surface area contributed by atoms with Crippen LogP contribution in [0, 0.1) is 0 Å². The average molecular weight is 313 g/mol. The van der Waals surface area contributed by atoms with E-state index in [-0.39, 0.29) is 0 Å². The van der Waals surface area contributed by atoms with E-state index in [2.05, 4.69) is 4.90 Å². The Morgan fingerprint density at radius 2 is 2.10 bits per heavy atom. The van der Waals surface area contributed by atoms with Crippen LogP contribution < -0.4 is 9.47 Å². The van der Waals surface area contributed by atoms with Crippen molar-refractivity contribution in [2.24, 2.45) is 0 Å². The van der Waals surface area contributed by atoms with Crippen LogP contribution in [-0.4, -0.2) is 62.9 Å². The smallest absolute Gasteiger partial charge is 0.132 e. The van der Waals surface area contributed by atoms with Crippen molar-refractivity contribution in [3.8, 4) is 11.5 Å². The monoisotopic (exact) mass is 313 g/mol. The first-order chi connectivity index (χ1) is 10.2. The highest BCUT2D eigenvalue weighted by Gasteiger charge is 2.19. The topological polar surface area (TPSA) is 51.2 Å². The Kier molecular flexibility index (Phi) is 6.17. The van der Waals surface area contributed by atoms with Gasteiger partial charge in [0.15, 0.2) is 0 Å². The van der Waals surface area contributed by atoms with Crippen molar-refractivity contribution in [2.75, 3.05) is 46.8 Å². The van der Waals surface area contributed by atoms with Crippen LogP contribution in [0.2, 0.25) is 0 Å². The molecule has 1 unspecified atom stereocenters. The first kappa shape index (κ1) is 16.4. The third-order valence-corrected chi connectivity index (χ3v) is 4.27. The molecule has 6 heteroatoms. The molecule has 1 aliphatic heterocycles. The number of ether oxygens (including phenoxy) is 3. The van der Waals surface area contributed by atoms with E-state index in [0.717, 1.165) is 28.5 Å². The first-order valence-corrected chi connectivity index (χ1v) is 8.17. The molecule has 1 saturated heterocycles. The number of nitrogens with zero attached hydrogens (tertiary/aromatic N) is 1. The summed E-state index contributed by atoms with van der Waals surface area (Å²) in [5.41, 5.74) is 1.06. The molecule has 0 amide bonds. The summed E-state index contributed by atoms with van der Waals surface area (Å²) in [6.45, 7) is 3.15. The maximum Gasteiger partial charge on any atom is 0.132 e. The summed E-state index contributed by atoms with van der Waals surface area (Å²) in [5, 5.41) is 9.82. The standard InChI is InChI=1S/C15H23NO4S/c1-18-13-7-15(21-3)14(19-2)6-11(13)8-16-4-5-20-10-12(17)9-16/h6-7,12,17H,4-5,8-10H2,1-3H3. The second-order valence-electron chi connectivity index (χ2n) is 4.98. The second-order valence-corrected chi connectivity index (χ2v) is 5.83. The summed E-state index contributed by atoms with van der Waals surface area (Å²) >= 11 is 1.63. The minimum Gasteiger partial charge on any atom is -0.496 e. The molecule has 21 heavy (non-hydrogen) atoms. The Morgan fingerprint density at radius 1 is 1.33 bits per heavy atom. The molecule has 1 heterocycles. The lowest BCUT2D eigenvalue weighted by molar-refractivity contribution is 0.0562. The predicted octanol–water partition coefficient (Wildman–Crippen LogP) is 1.62. The molecule has 1 fully saturated rings. The molecular weight excluding hydrogens is 290 g/mol. The van der Waals surface area contributed by atoms with Crippen molar-refractivity contribution in [3.05, 3.63) is 17.7 Å². The van der Waals surface area contributed by atoms with Crippen LogP contribution in [0.5, 0.6) is 11.5 Å². The van der Waals surface area contributed by atoms with E-state index < -0.39 is 6.10 Å². The van der Waals surface area contributed by atoms with Gasteiger partial charge in [-0.05, 0) is 18.4 Å². The average Bonchev–Trinajstić information content (AvgIpc) is 2.70. The van der Waals surface area contributed by atoms with Crippen LogP contribution in [-0.2, 0) is 11.3 Å². The summed E-state index contributed by atoms with van der Waals surface area (Å²) in [5.74, 6) is 1.70. The van der Waals surface area contributed by atoms with Crippen molar-refractivity contribution in [2.45, 2.75) is 17.5 Å². The minimum atomic E-state index is -0.439. The molecule has 0 aromatic heterocycles. The molecule has 2 rings (SSSR count). The van der Waals surface area contributed by atoms with E-state index in [1.807, 2.05) is 18.4 Å². The van der Waals surface area contributed by atoms with E-state index in [4.69, 9.17) is 14.2 Å². The number of hydrogen-bond acceptors (Lipinski definition) is 6. The van der Waals surface area contributed by atoms with Crippen molar-refractivity contribution >= 4 is 11.8 Å². The van der Waals surface area contributed by atoms with Gasteiger partial charge in [-0.25, -0.2) is 0 Å². The van der Waals surface area contributed by atoms with E-state index in [0.29, 0.717) is 26.3 Å². The van der Waals surface area contributed by atoms with Crippen LogP contribution in [0.1, 0.15) is 5.56 Å². The summed E-state index contributed by atoms with van der Waals surface area (Å²) < 4.78 is 16.3. The van der Waals surface area contributed by atoms with Crippen molar-refractivity contribution in [1.29, 1.82) is 0 Å². The van der Waals surface area contributed by atoms with Gasteiger partial charge < -0.3 is 19.3 Å². The number of benzene rings is 1. The number of thioether (sulfide) groups is 1. The zero-order valence-electron chi connectivity index (χ0n) is 12.8. The highest BCUT2D eigenvalue weighted by Crippen LogP contribution is 2.35. The Balaban J connectivity index is 2.21. The SMILES string of the molecule is COc1cc(SC)c(OC)cc1CN1CCOCC(O)C1. The maximum absolute atomic E-state index is 9.82. The fraction of sp³-hybridized carbons (Fsp3) is 0.600. The molecule has 0 radical (unpaired) electrons. The molecule has 1 aromatic rings. The maximum atomic E-state index is 9.82. The van der Waals surface area contributed by atoms with Gasteiger partial charge in [0, 0.05) is 25.2 Å². The summed E-state index contributed by atoms with van der Waals surface area (Å²) in [4.78, 5) is 3.23. The quantitative estimate of drug-likeness (QED) is 0.834. The Hall–Kier alpha value is -0.950. The summed E-state index contributed by atoms with van der Waals surface area (Å²) in [7, 11) is 3.35. The van der Waals surface area contributed by atoms with Crippen LogP contribution in [0.15, 0.2) is 17.0 Å². The zero-order valence-corrected chi connectivity index (χ0v) is 13.6. The number of aliphatic hydroxyl groups excluding tert-OH is 1. The first-order valence-electron chi connectivity index (χ1n) is 6.95. The Morgan fingerprint density at radius 3 is 2.76 bits per heavy atom. The lowest BCUT2D eigenvalue weighted by Crippen LogP contribution is -2.32. The highest BCUT2D eigenvalue weighted by atomic mass is 32.2. The van der Waals surface area contributed by atoms with Gasteiger partial charge in [0.2, 0.25) is 0 Å². The van der Waals surface area contributed by atoms with Crippen molar-refractivity contribution < 1.29 is 19.3 Å². The molecule has 0 spiro atoms. The van der Waals surface area contributed by atoms with E-state index in [1.54, 1.807) is 26.0 Å². The number of β-amino-alcohol motifs (C(OH)–C–C–N with tert-alkyl or cyclic N) is 1. The number of methoxy groups -OCH3 is 2. The second kappa shape index (κ2) is 7.89. The van der Waals surface area contributed by atoms with Gasteiger partial charge in [-0.1, -0.05) is 0 Å². The molecule has 0 bridgehead atoms. The van der Waals surface area contributed by atoms with Crippen LogP contribution >= 0.6 is 11.8 Å².